The number of hydrogen-bond acceptors (Lipinski definition) is 2. The fraction of sp³-hybridized carbons (Fsp3) is 0.600. The summed E-state index contributed by atoms with van der Waals surface area (Å²) in [6.07, 6.45) is 4.88. The Morgan fingerprint density at radius 3 is 2.63 bits per heavy atom. The zero-order valence-corrected chi connectivity index (χ0v) is 13.0. The van der Waals surface area contributed by atoms with Crippen LogP contribution < -0.4 is 0 Å². The molecule has 19 heavy (non-hydrogen) atoms. The van der Waals surface area contributed by atoms with E-state index in [9.17, 15) is 9.59 Å². The molecule has 0 aromatic rings. The molecule has 102 valence electrons. The fourth-order valence-corrected chi connectivity index (χ4v) is 7.05. The van der Waals surface area contributed by atoms with Gasteiger partial charge in [0.15, 0.2) is 0 Å². The van der Waals surface area contributed by atoms with Crippen molar-refractivity contribution in [2.45, 2.75) is 43.9 Å². The molecule has 0 radical (unpaired) electrons. The molecule has 1 heterocycles. The van der Waals surface area contributed by atoms with Crippen LogP contribution in [0.4, 0.5) is 0 Å². The van der Waals surface area contributed by atoms with E-state index in [-0.39, 0.29) is 16.9 Å². The molecular formula is C15H21NO2Si. The van der Waals surface area contributed by atoms with Crippen LogP contribution in [0.25, 0.3) is 0 Å². The van der Waals surface area contributed by atoms with Crippen LogP contribution in [0.5, 0.6) is 0 Å². The van der Waals surface area contributed by atoms with Gasteiger partial charge in [-0.25, -0.2) is 0 Å². The number of rotatable bonds is 3. The van der Waals surface area contributed by atoms with Gasteiger partial charge in [-0.2, -0.15) is 0 Å². The lowest BCUT2D eigenvalue weighted by molar-refractivity contribution is -0.137. The first-order valence-corrected chi connectivity index (χ1v) is 10.6. The predicted molar refractivity (Wildman–Crippen MR) is 77.3 cm³/mol. The molecule has 2 atom stereocenters. The van der Waals surface area contributed by atoms with Crippen molar-refractivity contribution in [1.29, 1.82) is 0 Å². The molecule has 2 bridgehead atoms. The molecular weight excluding hydrogens is 254 g/mol. The number of carbonyl (C=O) groups excluding carboxylic acids is 2. The Morgan fingerprint density at radius 1 is 1.37 bits per heavy atom. The Morgan fingerprint density at radius 2 is 2.05 bits per heavy atom. The molecule has 3 nitrogen and oxygen atoms in total. The van der Waals surface area contributed by atoms with Gasteiger partial charge in [0, 0.05) is 17.7 Å². The Balaban J connectivity index is 2.11. The van der Waals surface area contributed by atoms with Crippen molar-refractivity contribution < 1.29 is 9.59 Å². The molecule has 2 unspecified atom stereocenters. The van der Waals surface area contributed by atoms with Gasteiger partial charge in [-0.3, -0.25) is 14.5 Å². The Labute approximate surface area is 115 Å². The van der Waals surface area contributed by atoms with Crippen LogP contribution >= 0.6 is 0 Å². The van der Waals surface area contributed by atoms with E-state index in [1.54, 1.807) is 6.08 Å². The van der Waals surface area contributed by atoms with Crippen LogP contribution in [0, 0.1) is 5.92 Å². The molecule has 2 aliphatic carbocycles. The molecule has 1 aliphatic heterocycles. The number of likely N-dealkylation sites (tertiary alicyclic amines) is 1. The van der Waals surface area contributed by atoms with Crippen LogP contribution in [0.3, 0.4) is 0 Å². The third kappa shape index (κ3) is 1.38. The molecule has 3 aliphatic rings. The highest BCUT2D eigenvalue weighted by Crippen LogP contribution is 2.68. The molecule has 1 saturated carbocycles. The maximum absolute atomic E-state index is 12.7. The minimum absolute atomic E-state index is 0.0236. The number of imide groups is 1. The van der Waals surface area contributed by atoms with E-state index in [0.717, 1.165) is 30.4 Å². The van der Waals surface area contributed by atoms with Crippen molar-refractivity contribution in [3.63, 3.8) is 0 Å². The van der Waals surface area contributed by atoms with Crippen molar-refractivity contribution in [3.8, 4) is 0 Å². The summed E-state index contributed by atoms with van der Waals surface area (Å²) in [6.45, 7) is 11.0. The lowest BCUT2D eigenvalue weighted by Crippen LogP contribution is -2.42. The van der Waals surface area contributed by atoms with Gasteiger partial charge in [0.25, 0.3) is 11.8 Å². The second kappa shape index (κ2) is 3.69. The molecule has 3 rings (SSSR count). The summed E-state index contributed by atoms with van der Waals surface area (Å²) in [4.78, 5) is 26.5. The van der Waals surface area contributed by atoms with E-state index in [1.165, 1.54) is 4.90 Å². The first-order chi connectivity index (χ1) is 8.83. The average molecular weight is 275 g/mol. The third-order valence-corrected chi connectivity index (χ3v) is 8.93. The molecule has 0 aromatic heterocycles. The van der Waals surface area contributed by atoms with Crippen molar-refractivity contribution in [3.05, 3.63) is 23.8 Å². The quantitative estimate of drug-likeness (QED) is 0.451. The van der Waals surface area contributed by atoms with Crippen LogP contribution in [-0.4, -0.2) is 31.3 Å². The molecule has 4 heteroatoms. The smallest absolute Gasteiger partial charge is 0.257 e. The Kier molecular flexibility index (Phi) is 2.49. The minimum Gasteiger partial charge on any atom is -0.271 e. The predicted octanol–water partition coefficient (Wildman–Crippen LogP) is 2.73. The van der Waals surface area contributed by atoms with E-state index < -0.39 is 8.07 Å². The van der Waals surface area contributed by atoms with E-state index in [2.05, 4.69) is 26.2 Å². The summed E-state index contributed by atoms with van der Waals surface area (Å²) >= 11 is 0. The van der Waals surface area contributed by atoms with E-state index in [4.69, 9.17) is 0 Å². The monoisotopic (exact) mass is 275 g/mol. The van der Waals surface area contributed by atoms with Gasteiger partial charge in [0.1, 0.15) is 0 Å². The highest BCUT2D eigenvalue weighted by Gasteiger charge is 2.63. The van der Waals surface area contributed by atoms with Crippen molar-refractivity contribution in [2.75, 3.05) is 6.54 Å². The number of fused-ring (bicyclic) bond motifs is 4. The lowest BCUT2D eigenvalue weighted by Gasteiger charge is -2.40. The molecule has 1 fully saturated rings. The zero-order valence-electron chi connectivity index (χ0n) is 12.0. The standard InChI is InChI=1S/C15H21NO2Si/c1-5-8-16-13(17)11-10-6-7-15(9-10,19(2,3)4)12(11)14(16)18/h5,10H,1,6-9H2,2-4H3. The average Bonchev–Trinajstić information content (AvgIpc) is 2.95. The van der Waals surface area contributed by atoms with Gasteiger partial charge in [0.2, 0.25) is 0 Å². The topological polar surface area (TPSA) is 37.4 Å². The second-order valence-electron chi connectivity index (χ2n) is 7.07. The van der Waals surface area contributed by atoms with E-state index in [1.807, 2.05) is 0 Å². The largest absolute Gasteiger partial charge is 0.271 e. The van der Waals surface area contributed by atoms with Gasteiger partial charge in [0.05, 0.1) is 8.07 Å². The normalized spacial score (nSPS) is 33.4. The summed E-state index contributed by atoms with van der Waals surface area (Å²) < 4.78 is 0. The van der Waals surface area contributed by atoms with Crippen molar-refractivity contribution >= 4 is 19.9 Å². The number of carbonyl (C=O) groups is 2. The summed E-state index contributed by atoms with van der Waals surface area (Å²) in [5, 5.41) is 0.0513. The Hall–Kier alpha value is -1.16. The molecule has 0 saturated heterocycles. The van der Waals surface area contributed by atoms with Gasteiger partial charge in [-0.15, -0.1) is 6.58 Å². The maximum Gasteiger partial charge on any atom is 0.257 e. The maximum atomic E-state index is 12.7. The number of amides is 2. The third-order valence-electron chi connectivity index (χ3n) is 5.35. The van der Waals surface area contributed by atoms with Crippen molar-refractivity contribution in [2.24, 2.45) is 5.92 Å². The van der Waals surface area contributed by atoms with Crippen LogP contribution in [-0.2, 0) is 9.59 Å². The highest BCUT2D eigenvalue weighted by atomic mass is 28.3. The van der Waals surface area contributed by atoms with Crippen LogP contribution in [0.2, 0.25) is 24.7 Å². The second-order valence-corrected chi connectivity index (χ2v) is 12.5. The molecule has 0 aromatic carbocycles. The minimum atomic E-state index is -1.53. The Bertz CT molecular complexity index is 529. The summed E-state index contributed by atoms with van der Waals surface area (Å²) in [7, 11) is -1.53. The summed E-state index contributed by atoms with van der Waals surface area (Å²) in [6, 6.07) is 0. The van der Waals surface area contributed by atoms with Gasteiger partial charge < -0.3 is 0 Å². The molecule has 0 N–H and O–H groups in total. The van der Waals surface area contributed by atoms with E-state index in [0.29, 0.717) is 12.5 Å². The van der Waals surface area contributed by atoms with Crippen LogP contribution in [0.1, 0.15) is 19.3 Å². The van der Waals surface area contributed by atoms with Gasteiger partial charge in [-0.1, -0.05) is 25.7 Å². The van der Waals surface area contributed by atoms with Gasteiger partial charge in [-0.05, 0) is 30.2 Å². The first kappa shape index (κ1) is 12.8. The summed E-state index contributed by atoms with van der Waals surface area (Å²) in [5.41, 5.74) is 1.76. The number of nitrogens with zero attached hydrogens (tertiary/aromatic N) is 1. The van der Waals surface area contributed by atoms with Crippen LogP contribution in [0.15, 0.2) is 23.8 Å². The van der Waals surface area contributed by atoms with E-state index >= 15 is 0 Å². The molecule has 0 spiro atoms. The molecule has 2 amide bonds. The fourth-order valence-electron chi connectivity index (χ4n) is 4.31. The SMILES string of the molecule is C=CCN1C(=O)C2=C(C1=O)C1([Si](C)(C)C)CCC2C1. The lowest BCUT2D eigenvalue weighted by atomic mass is 9.92. The number of hydrogen-bond donors (Lipinski definition) is 0. The van der Waals surface area contributed by atoms with Crippen molar-refractivity contribution in [1.82, 2.24) is 4.90 Å². The zero-order chi connectivity index (χ0) is 14.0. The summed E-state index contributed by atoms with van der Waals surface area (Å²) in [5.74, 6) is 0.280. The van der Waals surface area contributed by atoms with Gasteiger partial charge >= 0.3 is 0 Å². The highest BCUT2D eigenvalue weighted by molar-refractivity contribution is 6.80. The first-order valence-electron chi connectivity index (χ1n) is 7.05.